The van der Waals surface area contributed by atoms with Crippen molar-refractivity contribution < 1.29 is 19.4 Å². The van der Waals surface area contributed by atoms with E-state index in [1.807, 2.05) is 13.8 Å². The summed E-state index contributed by atoms with van der Waals surface area (Å²) in [6, 6.07) is 0. The second kappa shape index (κ2) is 3.44. The van der Waals surface area contributed by atoms with Crippen molar-refractivity contribution >= 4 is 11.9 Å². The highest BCUT2D eigenvalue weighted by molar-refractivity contribution is 5.98. The monoisotopic (exact) mass is 198 g/mol. The first-order chi connectivity index (χ1) is 6.48. The van der Waals surface area contributed by atoms with Gasteiger partial charge in [0.2, 0.25) is 0 Å². The zero-order chi connectivity index (χ0) is 10.9. The largest absolute Gasteiger partial charge is 0.481 e. The lowest BCUT2D eigenvalue weighted by Gasteiger charge is -2.28. The second-order valence-corrected chi connectivity index (χ2v) is 3.46. The van der Waals surface area contributed by atoms with Crippen molar-refractivity contribution in [3.05, 3.63) is 12.2 Å². The average Bonchev–Trinajstić information content (AvgIpc) is 2.40. The third-order valence-corrected chi connectivity index (χ3v) is 2.88. The number of carbonyl (C=O) groups excluding carboxylic acids is 1. The van der Waals surface area contributed by atoms with Crippen LogP contribution in [0.2, 0.25) is 0 Å². The summed E-state index contributed by atoms with van der Waals surface area (Å²) in [5.41, 5.74) is -0.832. The molecule has 1 rings (SSSR count). The Balaban J connectivity index is 3.13. The zero-order valence-electron chi connectivity index (χ0n) is 8.37. The van der Waals surface area contributed by atoms with Crippen LogP contribution in [-0.2, 0) is 14.3 Å². The van der Waals surface area contributed by atoms with Gasteiger partial charge in [-0.15, -0.1) is 0 Å². The van der Waals surface area contributed by atoms with Crippen LogP contribution in [0.5, 0.6) is 0 Å². The van der Waals surface area contributed by atoms with E-state index >= 15 is 0 Å². The second-order valence-electron chi connectivity index (χ2n) is 3.46. The molecule has 0 aromatic carbocycles. The number of carboxylic acid groups (broad SMARTS) is 1. The zero-order valence-corrected chi connectivity index (χ0v) is 8.37. The number of esters is 1. The Morgan fingerprint density at radius 1 is 1.57 bits per heavy atom. The van der Waals surface area contributed by atoms with Crippen molar-refractivity contribution in [2.75, 3.05) is 0 Å². The molecule has 0 saturated carbocycles. The minimum atomic E-state index is -1.04. The van der Waals surface area contributed by atoms with Gasteiger partial charge in [-0.05, 0) is 12.8 Å². The summed E-state index contributed by atoms with van der Waals surface area (Å²) < 4.78 is 5.11. The molecule has 0 aromatic rings. The molecule has 78 valence electrons. The molecular weight excluding hydrogens is 184 g/mol. The van der Waals surface area contributed by atoms with Gasteiger partial charge in [0, 0.05) is 5.57 Å². The third kappa shape index (κ3) is 1.31. The van der Waals surface area contributed by atoms with Crippen LogP contribution < -0.4 is 0 Å². The van der Waals surface area contributed by atoms with Gasteiger partial charge in [-0.1, -0.05) is 20.4 Å². The predicted molar refractivity (Wildman–Crippen MR) is 49.7 cm³/mol. The van der Waals surface area contributed by atoms with Crippen LogP contribution in [0.15, 0.2) is 12.2 Å². The first-order valence-electron chi connectivity index (χ1n) is 4.63. The number of cyclic esters (lactones) is 1. The van der Waals surface area contributed by atoms with Gasteiger partial charge in [0.05, 0.1) is 0 Å². The molecule has 1 fully saturated rings. The summed E-state index contributed by atoms with van der Waals surface area (Å²) in [4.78, 5) is 22.2. The van der Waals surface area contributed by atoms with E-state index in [-0.39, 0.29) is 5.57 Å². The Morgan fingerprint density at radius 3 is 2.36 bits per heavy atom. The summed E-state index contributed by atoms with van der Waals surface area (Å²) in [5, 5.41) is 9.01. The van der Waals surface area contributed by atoms with E-state index < -0.39 is 23.5 Å². The van der Waals surface area contributed by atoms with Crippen molar-refractivity contribution in [3.63, 3.8) is 0 Å². The van der Waals surface area contributed by atoms with E-state index in [4.69, 9.17) is 9.84 Å². The van der Waals surface area contributed by atoms with Gasteiger partial charge in [0.25, 0.3) is 0 Å². The quantitative estimate of drug-likeness (QED) is 0.549. The average molecular weight is 198 g/mol. The van der Waals surface area contributed by atoms with E-state index in [1.54, 1.807) is 0 Å². The first-order valence-corrected chi connectivity index (χ1v) is 4.63. The number of carboxylic acids is 1. The molecule has 1 aliphatic heterocycles. The van der Waals surface area contributed by atoms with Gasteiger partial charge in [-0.25, -0.2) is 4.79 Å². The standard InChI is InChI=1S/C10H14O4/c1-4-10(5-2)7(8(11)12)6(3)9(13)14-10/h7H,3-5H2,1-2H3,(H,11,12). The fraction of sp³-hybridized carbons (Fsp3) is 0.600. The lowest BCUT2D eigenvalue weighted by atomic mass is 9.81. The lowest BCUT2D eigenvalue weighted by Crippen LogP contribution is -2.38. The van der Waals surface area contributed by atoms with E-state index in [2.05, 4.69) is 6.58 Å². The Kier molecular flexibility index (Phi) is 2.64. The van der Waals surface area contributed by atoms with Crippen LogP contribution in [-0.4, -0.2) is 22.6 Å². The first kappa shape index (κ1) is 10.8. The van der Waals surface area contributed by atoms with Crippen LogP contribution in [0.25, 0.3) is 0 Å². The maximum atomic E-state index is 11.2. The minimum Gasteiger partial charge on any atom is -0.481 e. The topological polar surface area (TPSA) is 63.6 Å². The van der Waals surface area contributed by atoms with Crippen LogP contribution in [0.4, 0.5) is 0 Å². The van der Waals surface area contributed by atoms with Gasteiger partial charge >= 0.3 is 11.9 Å². The van der Waals surface area contributed by atoms with Crippen LogP contribution in [0.3, 0.4) is 0 Å². The van der Waals surface area contributed by atoms with Gasteiger partial charge in [0.1, 0.15) is 11.5 Å². The summed E-state index contributed by atoms with van der Waals surface area (Å²) in [5.74, 6) is -2.52. The molecule has 0 aromatic heterocycles. The molecule has 0 amide bonds. The highest BCUT2D eigenvalue weighted by Gasteiger charge is 2.53. The van der Waals surface area contributed by atoms with E-state index in [9.17, 15) is 9.59 Å². The minimum absolute atomic E-state index is 0.0567. The molecule has 1 N–H and O–H groups in total. The van der Waals surface area contributed by atoms with Gasteiger partial charge in [-0.3, -0.25) is 4.79 Å². The van der Waals surface area contributed by atoms with Crippen molar-refractivity contribution in [3.8, 4) is 0 Å². The van der Waals surface area contributed by atoms with Crippen molar-refractivity contribution in [1.82, 2.24) is 0 Å². The van der Waals surface area contributed by atoms with Gasteiger partial charge < -0.3 is 9.84 Å². The highest BCUT2D eigenvalue weighted by atomic mass is 16.6. The molecule has 1 atom stereocenters. The molecule has 14 heavy (non-hydrogen) atoms. The van der Waals surface area contributed by atoms with Gasteiger partial charge in [-0.2, -0.15) is 0 Å². The molecule has 1 unspecified atom stereocenters. The Morgan fingerprint density at radius 2 is 2.07 bits per heavy atom. The van der Waals surface area contributed by atoms with E-state index in [0.29, 0.717) is 12.8 Å². The van der Waals surface area contributed by atoms with Crippen LogP contribution in [0.1, 0.15) is 26.7 Å². The number of hydrogen-bond donors (Lipinski definition) is 1. The third-order valence-electron chi connectivity index (χ3n) is 2.88. The number of rotatable bonds is 3. The van der Waals surface area contributed by atoms with Crippen molar-refractivity contribution in [2.45, 2.75) is 32.3 Å². The molecule has 1 aliphatic rings. The van der Waals surface area contributed by atoms with Crippen LogP contribution >= 0.6 is 0 Å². The Labute approximate surface area is 82.6 Å². The summed E-state index contributed by atoms with van der Waals surface area (Å²) in [7, 11) is 0. The van der Waals surface area contributed by atoms with Gasteiger partial charge in [0.15, 0.2) is 0 Å². The maximum Gasteiger partial charge on any atom is 0.335 e. The highest BCUT2D eigenvalue weighted by Crippen LogP contribution is 2.41. The molecule has 4 nitrogen and oxygen atoms in total. The molecule has 0 bridgehead atoms. The Bertz CT molecular complexity index is 288. The molecular formula is C10H14O4. The summed E-state index contributed by atoms with van der Waals surface area (Å²) >= 11 is 0. The SMILES string of the molecule is C=C1C(=O)OC(CC)(CC)C1C(=O)O. The fourth-order valence-corrected chi connectivity index (χ4v) is 1.92. The molecule has 1 saturated heterocycles. The molecule has 1 heterocycles. The molecule has 0 radical (unpaired) electrons. The maximum absolute atomic E-state index is 11.2. The summed E-state index contributed by atoms with van der Waals surface area (Å²) in [6.07, 6.45) is 0.983. The van der Waals surface area contributed by atoms with Crippen LogP contribution in [0, 0.1) is 5.92 Å². The van der Waals surface area contributed by atoms with E-state index in [0.717, 1.165) is 0 Å². The van der Waals surface area contributed by atoms with Crippen molar-refractivity contribution in [2.24, 2.45) is 5.92 Å². The number of carbonyl (C=O) groups is 2. The predicted octanol–water partition coefficient (Wildman–Crippen LogP) is 1.36. The summed E-state index contributed by atoms with van der Waals surface area (Å²) in [6.45, 7) is 7.10. The lowest BCUT2D eigenvalue weighted by molar-refractivity contribution is -0.155. The van der Waals surface area contributed by atoms with Crippen molar-refractivity contribution in [1.29, 1.82) is 0 Å². The number of ether oxygens (including phenoxy) is 1. The molecule has 0 spiro atoms. The Hall–Kier alpha value is -1.32. The number of aliphatic carboxylic acids is 1. The fourth-order valence-electron chi connectivity index (χ4n) is 1.92. The normalized spacial score (nSPS) is 24.9. The molecule has 0 aliphatic carbocycles. The van der Waals surface area contributed by atoms with E-state index in [1.165, 1.54) is 0 Å². The smallest absolute Gasteiger partial charge is 0.335 e. The molecule has 4 heteroatoms. The number of hydrogen-bond acceptors (Lipinski definition) is 3.